The molecule has 0 aliphatic carbocycles. The Bertz CT molecular complexity index is 213. The highest BCUT2D eigenvalue weighted by molar-refractivity contribution is 6.60. The zero-order chi connectivity index (χ0) is 13.3. The van der Waals surface area contributed by atoms with Gasteiger partial charge in [-0.25, -0.2) is 0 Å². The minimum atomic E-state index is -2.48. The van der Waals surface area contributed by atoms with E-state index in [0.29, 0.717) is 0 Å². The fraction of sp³-hybridized carbons (Fsp3) is 0.909. The second kappa shape index (κ2) is 8.63. The Morgan fingerprint density at radius 2 is 1.65 bits per heavy atom. The molecule has 0 aliphatic rings. The van der Waals surface area contributed by atoms with Crippen molar-refractivity contribution < 1.29 is 18.1 Å². The summed E-state index contributed by atoms with van der Waals surface area (Å²) < 4.78 is 16.0. The fourth-order valence-corrected chi connectivity index (χ4v) is 3.44. The second-order valence-electron chi connectivity index (χ2n) is 3.91. The lowest BCUT2D eigenvalue weighted by Gasteiger charge is -2.26. The number of amides is 1. The molecule has 0 unspecified atom stereocenters. The van der Waals surface area contributed by atoms with E-state index in [1.165, 1.54) is 0 Å². The molecule has 0 spiro atoms. The van der Waals surface area contributed by atoms with Crippen LogP contribution in [0.3, 0.4) is 0 Å². The number of rotatable bonds is 9. The number of nitrogens with zero attached hydrogens (tertiary/aromatic N) is 1. The molecule has 0 heterocycles. The average Bonchev–Trinajstić information content (AvgIpc) is 2.34. The van der Waals surface area contributed by atoms with Crippen molar-refractivity contribution in [1.82, 2.24) is 4.90 Å². The predicted octanol–water partition coefficient (Wildman–Crippen LogP) is 1.51. The van der Waals surface area contributed by atoms with Crippen LogP contribution in [-0.2, 0) is 18.1 Å². The standard InChI is InChI=1S/C11H25NO4Si/c1-6-8-12(11(2)13)9-7-10-17(14-3,15-4)16-5/h6-10H2,1-5H3. The van der Waals surface area contributed by atoms with Crippen molar-refractivity contribution in [3.8, 4) is 0 Å². The first-order valence-corrected chi connectivity index (χ1v) is 7.89. The summed E-state index contributed by atoms with van der Waals surface area (Å²) in [5, 5.41) is 0. The van der Waals surface area contributed by atoms with Crippen LogP contribution in [0.4, 0.5) is 0 Å². The normalized spacial score (nSPS) is 11.6. The van der Waals surface area contributed by atoms with Gasteiger partial charge in [-0.2, -0.15) is 0 Å². The molecule has 1 amide bonds. The van der Waals surface area contributed by atoms with Crippen LogP contribution in [0.15, 0.2) is 0 Å². The number of hydrogen-bond donors (Lipinski definition) is 0. The van der Waals surface area contributed by atoms with Crippen molar-refractivity contribution in [2.45, 2.75) is 32.7 Å². The van der Waals surface area contributed by atoms with Crippen molar-refractivity contribution in [3.05, 3.63) is 0 Å². The molecule has 17 heavy (non-hydrogen) atoms. The molecule has 0 bridgehead atoms. The molecule has 102 valence electrons. The Balaban J connectivity index is 4.13. The molecule has 0 saturated heterocycles. The molecule has 0 aromatic carbocycles. The Morgan fingerprint density at radius 1 is 1.12 bits per heavy atom. The van der Waals surface area contributed by atoms with Gasteiger partial charge in [-0.3, -0.25) is 4.79 Å². The second-order valence-corrected chi connectivity index (χ2v) is 7.00. The van der Waals surface area contributed by atoms with Crippen LogP contribution in [-0.4, -0.2) is 54.0 Å². The van der Waals surface area contributed by atoms with Gasteiger partial charge >= 0.3 is 8.80 Å². The first-order valence-electron chi connectivity index (χ1n) is 5.96. The Hall–Kier alpha value is -0.433. The van der Waals surface area contributed by atoms with Crippen molar-refractivity contribution in [2.24, 2.45) is 0 Å². The molecule has 0 fully saturated rings. The third-order valence-corrected chi connectivity index (χ3v) is 5.61. The summed E-state index contributed by atoms with van der Waals surface area (Å²) in [5.41, 5.74) is 0. The van der Waals surface area contributed by atoms with Gasteiger partial charge in [0.15, 0.2) is 0 Å². The third-order valence-electron chi connectivity index (χ3n) is 2.78. The zero-order valence-corrected chi connectivity index (χ0v) is 12.6. The minimum Gasteiger partial charge on any atom is -0.377 e. The summed E-state index contributed by atoms with van der Waals surface area (Å²) in [4.78, 5) is 13.2. The number of hydrogen-bond acceptors (Lipinski definition) is 4. The van der Waals surface area contributed by atoms with E-state index in [-0.39, 0.29) is 5.91 Å². The number of carbonyl (C=O) groups is 1. The SMILES string of the molecule is CCCN(CCC[Si](OC)(OC)OC)C(C)=O. The van der Waals surface area contributed by atoms with Gasteiger partial charge in [0, 0.05) is 47.4 Å². The van der Waals surface area contributed by atoms with Gasteiger partial charge in [0.05, 0.1) is 0 Å². The highest BCUT2D eigenvalue weighted by atomic mass is 28.4. The minimum absolute atomic E-state index is 0.117. The van der Waals surface area contributed by atoms with Gasteiger partial charge in [-0.05, 0) is 12.8 Å². The summed E-state index contributed by atoms with van der Waals surface area (Å²) in [5.74, 6) is 0.117. The van der Waals surface area contributed by atoms with E-state index in [0.717, 1.165) is 32.0 Å². The summed E-state index contributed by atoms with van der Waals surface area (Å²) >= 11 is 0. The topological polar surface area (TPSA) is 48.0 Å². The maximum atomic E-state index is 11.3. The highest BCUT2D eigenvalue weighted by Crippen LogP contribution is 2.15. The van der Waals surface area contributed by atoms with Crippen molar-refractivity contribution in [3.63, 3.8) is 0 Å². The van der Waals surface area contributed by atoms with E-state index < -0.39 is 8.80 Å². The molecule has 0 radical (unpaired) electrons. The molecular weight excluding hydrogens is 238 g/mol. The third kappa shape index (κ3) is 5.63. The molecule has 0 atom stereocenters. The highest BCUT2D eigenvalue weighted by Gasteiger charge is 2.37. The molecule has 0 aromatic rings. The lowest BCUT2D eigenvalue weighted by Crippen LogP contribution is -2.43. The van der Waals surface area contributed by atoms with Crippen LogP contribution in [0, 0.1) is 0 Å². The molecule has 0 aromatic heterocycles. The molecule has 6 heteroatoms. The lowest BCUT2D eigenvalue weighted by molar-refractivity contribution is -0.128. The fourth-order valence-electron chi connectivity index (χ4n) is 1.74. The first kappa shape index (κ1) is 16.6. The van der Waals surface area contributed by atoms with E-state index in [9.17, 15) is 4.79 Å². The summed E-state index contributed by atoms with van der Waals surface area (Å²) in [6, 6.07) is 0.726. The van der Waals surface area contributed by atoms with E-state index in [1.807, 2.05) is 4.90 Å². The largest absolute Gasteiger partial charge is 0.500 e. The summed E-state index contributed by atoms with van der Waals surface area (Å²) in [6.07, 6.45) is 1.81. The van der Waals surface area contributed by atoms with Gasteiger partial charge in [0.1, 0.15) is 0 Å². The van der Waals surface area contributed by atoms with E-state index >= 15 is 0 Å². The molecule has 0 rings (SSSR count). The Morgan fingerprint density at radius 3 is 2.00 bits per heavy atom. The number of carbonyl (C=O) groups excluding carboxylic acids is 1. The van der Waals surface area contributed by atoms with Crippen LogP contribution < -0.4 is 0 Å². The van der Waals surface area contributed by atoms with Crippen LogP contribution in [0.1, 0.15) is 26.7 Å². The van der Waals surface area contributed by atoms with Crippen LogP contribution in [0.2, 0.25) is 6.04 Å². The van der Waals surface area contributed by atoms with E-state index in [2.05, 4.69) is 6.92 Å². The Labute approximate surface area is 105 Å². The summed E-state index contributed by atoms with van der Waals surface area (Å²) in [6.45, 7) is 5.20. The van der Waals surface area contributed by atoms with Crippen molar-refractivity contribution in [2.75, 3.05) is 34.4 Å². The molecule has 0 N–H and O–H groups in total. The first-order chi connectivity index (χ1) is 8.05. The average molecular weight is 263 g/mol. The zero-order valence-electron chi connectivity index (χ0n) is 11.6. The van der Waals surface area contributed by atoms with E-state index in [4.69, 9.17) is 13.3 Å². The van der Waals surface area contributed by atoms with Gasteiger partial charge in [-0.1, -0.05) is 6.92 Å². The maximum Gasteiger partial charge on any atom is 0.500 e. The molecule has 0 aliphatic heterocycles. The van der Waals surface area contributed by atoms with E-state index in [1.54, 1.807) is 28.3 Å². The van der Waals surface area contributed by atoms with Crippen molar-refractivity contribution in [1.29, 1.82) is 0 Å². The van der Waals surface area contributed by atoms with Crippen molar-refractivity contribution >= 4 is 14.7 Å². The lowest BCUT2D eigenvalue weighted by atomic mass is 10.3. The maximum absolute atomic E-state index is 11.3. The predicted molar refractivity (Wildman–Crippen MR) is 68.8 cm³/mol. The Kier molecular flexibility index (Phi) is 8.41. The van der Waals surface area contributed by atoms with Gasteiger partial charge in [0.25, 0.3) is 0 Å². The summed E-state index contributed by atoms with van der Waals surface area (Å²) in [7, 11) is 2.34. The quantitative estimate of drug-likeness (QED) is 0.592. The van der Waals surface area contributed by atoms with Crippen LogP contribution in [0.5, 0.6) is 0 Å². The van der Waals surface area contributed by atoms with Crippen LogP contribution in [0.25, 0.3) is 0 Å². The monoisotopic (exact) mass is 263 g/mol. The van der Waals surface area contributed by atoms with Gasteiger partial charge in [-0.15, -0.1) is 0 Å². The molecule has 0 saturated carbocycles. The smallest absolute Gasteiger partial charge is 0.377 e. The molecule has 5 nitrogen and oxygen atoms in total. The van der Waals surface area contributed by atoms with Gasteiger partial charge < -0.3 is 18.2 Å². The van der Waals surface area contributed by atoms with Crippen LogP contribution >= 0.6 is 0 Å². The van der Waals surface area contributed by atoms with Gasteiger partial charge in [0.2, 0.25) is 5.91 Å². The molecular formula is C11H25NO4Si.